The number of amides is 1. The van der Waals surface area contributed by atoms with Gasteiger partial charge in [-0.3, -0.25) is 14.7 Å². The quantitative estimate of drug-likeness (QED) is 0.870. The number of allylic oxidation sites excluding steroid dienone is 1. The average Bonchev–Trinajstić information content (AvgIpc) is 3.30. The van der Waals surface area contributed by atoms with E-state index in [2.05, 4.69) is 38.7 Å². The molecule has 4 rings (SSSR count). The highest BCUT2D eigenvalue weighted by Crippen LogP contribution is 2.39. The predicted octanol–water partition coefficient (Wildman–Crippen LogP) is 3.09. The van der Waals surface area contributed by atoms with Crippen LogP contribution < -0.4 is 10.2 Å². The normalized spacial score (nSPS) is 22.3. The first-order chi connectivity index (χ1) is 12.8. The van der Waals surface area contributed by atoms with E-state index in [1.54, 1.807) is 6.33 Å². The summed E-state index contributed by atoms with van der Waals surface area (Å²) in [6.45, 7) is 9.75. The molecule has 0 aromatic carbocycles. The lowest BCUT2D eigenvalue weighted by Crippen LogP contribution is -2.24. The van der Waals surface area contributed by atoms with E-state index in [4.69, 9.17) is 4.74 Å². The van der Waals surface area contributed by atoms with Gasteiger partial charge in [0.25, 0.3) is 0 Å². The molecule has 2 aliphatic rings. The van der Waals surface area contributed by atoms with Crippen molar-refractivity contribution in [3.8, 4) is 0 Å². The van der Waals surface area contributed by atoms with Gasteiger partial charge in [0, 0.05) is 31.3 Å². The molecule has 1 amide bonds. The third-order valence-corrected chi connectivity index (χ3v) is 5.19. The summed E-state index contributed by atoms with van der Waals surface area (Å²) in [6.07, 6.45) is 4.63. The Labute approximate surface area is 158 Å². The molecule has 1 N–H and O–H groups in total. The molecule has 2 atom stereocenters. The van der Waals surface area contributed by atoms with Crippen LogP contribution in [0.3, 0.4) is 0 Å². The summed E-state index contributed by atoms with van der Waals surface area (Å²) in [5.74, 6) is 1.81. The van der Waals surface area contributed by atoms with Crippen molar-refractivity contribution in [3.05, 3.63) is 18.7 Å². The minimum Gasteiger partial charge on any atom is -0.475 e. The van der Waals surface area contributed by atoms with Crippen molar-refractivity contribution in [2.45, 2.75) is 52.3 Å². The van der Waals surface area contributed by atoms with E-state index < -0.39 is 0 Å². The average molecular weight is 370 g/mol. The van der Waals surface area contributed by atoms with E-state index in [9.17, 15) is 4.79 Å². The van der Waals surface area contributed by atoms with Gasteiger partial charge in [-0.2, -0.15) is 9.97 Å². The fraction of sp³-hybridized carbons (Fsp3) is 0.579. The van der Waals surface area contributed by atoms with Crippen LogP contribution in [0, 0.1) is 11.8 Å². The van der Waals surface area contributed by atoms with Crippen molar-refractivity contribution in [3.63, 3.8) is 0 Å². The van der Waals surface area contributed by atoms with E-state index in [0.29, 0.717) is 17.6 Å². The third-order valence-electron chi connectivity index (χ3n) is 5.19. The van der Waals surface area contributed by atoms with Crippen LogP contribution in [-0.4, -0.2) is 38.5 Å². The lowest BCUT2D eigenvalue weighted by Gasteiger charge is -2.20. The zero-order valence-electron chi connectivity index (χ0n) is 16.3. The molecule has 1 aliphatic heterocycles. The summed E-state index contributed by atoms with van der Waals surface area (Å²) >= 11 is 0. The minimum atomic E-state index is -0.204. The monoisotopic (exact) mass is 370 g/mol. The van der Waals surface area contributed by atoms with Crippen molar-refractivity contribution >= 4 is 28.8 Å². The highest BCUT2D eigenvalue weighted by atomic mass is 16.5. The molecule has 8 heteroatoms. The van der Waals surface area contributed by atoms with Gasteiger partial charge in [0.05, 0.1) is 5.76 Å². The number of ether oxygens (including phenoxy) is 1. The second-order valence-electron chi connectivity index (χ2n) is 7.91. The Balaban J connectivity index is 1.80. The summed E-state index contributed by atoms with van der Waals surface area (Å²) in [5, 5.41) is 2.83. The second-order valence-corrected chi connectivity index (χ2v) is 7.91. The molecule has 0 unspecified atom stereocenters. The van der Waals surface area contributed by atoms with Crippen LogP contribution in [0.15, 0.2) is 18.7 Å². The molecule has 0 spiro atoms. The van der Waals surface area contributed by atoms with Crippen molar-refractivity contribution in [1.29, 1.82) is 0 Å². The second kappa shape index (κ2) is 6.51. The molecule has 2 aromatic rings. The number of imidazole rings is 1. The number of carbonyl (C=O) groups excluding carboxylic acids is 1. The number of anilines is 2. The number of carbonyl (C=O) groups is 1. The number of rotatable bonds is 5. The lowest BCUT2D eigenvalue weighted by atomic mass is 10.1. The van der Waals surface area contributed by atoms with Gasteiger partial charge >= 0.3 is 0 Å². The molecule has 27 heavy (non-hydrogen) atoms. The summed E-state index contributed by atoms with van der Waals surface area (Å²) in [5.41, 5.74) is 1.39. The number of fused-ring (bicyclic) bond motifs is 1. The zero-order chi connectivity index (χ0) is 19.3. The fourth-order valence-corrected chi connectivity index (χ4v) is 3.40. The number of nitrogens with zero attached hydrogens (tertiary/aromatic N) is 5. The minimum absolute atomic E-state index is 0.112. The van der Waals surface area contributed by atoms with Gasteiger partial charge in [-0.1, -0.05) is 27.4 Å². The molecule has 1 aliphatic carbocycles. The zero-order valence-corrected chi connectivity index (χ0v) is 16.3. The highest BCUT2D eigenvalue weighted by Gasteiger charge is 2.33. The molecule has 0 radical (unpaired) electrons. The van der Waals surface area contributed by atoms with Gasteiger partial charge in [-0.25, -0.2) is 4.98 Å². The van der Waals surface area contributed by atoms with Gasteiger partial charge in [-0.15, -0.1) is 0 Å². The van der Waals surface area contributed by atoms with Crippen LogP contribution in [0.1, 0.15) is 46.3 Å². The standard InChI is InChI=1S/C19H26N6O2/c1-10(2)17(26)23-19-21-15(24(5)13-6-7-13)14-16(22-19)25(9-20-14)18-11(3)8-12(4)27-18/h9-11,13,18H,4,6-8H2,1-3,5H3,(H,21,22,23,26)/t11-,18+/m0/s1. The van der Waals surface area contributed by atoms with E-state index in [-0.39, 0.29) is 24.0 Å². The summed E-state index contributed by atoms with van der Waals surface area (Å²) in [4.78, 5) is 28.1. The molecule has 1 saturated carbocycles. The topological polar surface area (TPSA) is 85.2 Å². The smallest absolute Gasteiger partial charge is 0.233 e. The third kappa shape index (κ3) is 3.24. The van der Waals surface area contributed by atoms with Crippen LogP contribution in [0.4, 0.5) is 11.8 Å². The number of nitrogens with one attached hydrogen (secondary N) is 1. The summed E-state index contributed by atoms with van der Waals surface area (Å²) in [6, 6.07) is 0.461. The molecule has 2 aromatic heterocycles. The number of aromatic nitrogens is 4. The largest absolute Gasteiger partial charge is 0.475 e. The highest BCUT2D eigenvalue weighted by molar-refractivity contribution is 5.92. The maximum absolute atomic E-state index is 12.2. The van der Waals surface area contributed by atoms with E-state index in [1.165, 1.54) is 0 Å². The molecule has 0 bridgehead atoms. The van der Waals surface area contributed by atoms with Crippen LogP contribution in [-0.2, 0) is 9.53 Å². The van der Waals surface area contributed by atoms with Crippen molar-refractivity contribution in [1.82, 2.24) is 19.5 Å². The first-order valence-electron chi connectivity index (χ1n) is 9.48. The van der Waals surface area contributed by atoms with Gasteiger partial charge < -0.3 is 9.64 Å². The van der Waals surface area contributed by atoms with Crippen LogP contribution >= 0.6 is 0 Å². The Hall–Kier alpha value is -2.64. The van der Waals surface area contributed by atoms with Gasteiger partial charge in [0.15, 0.2) is 23.2 Å². The SMILES string of the molecule is C=C1C[C@H](C)[C@H](n2cnc3c(N(C)C4CC4)nc(NC(=O)C(C)C)nc32)O1. The number of hydrogen-bond acceptors (Lipinski definition) is 6. The lowest BCUT2D eigenvalue weighted by molar-refractivity contribution is -0.118. The Kier molecular flexibility index (Phi) is 4.28. The Morgan fingerprint density at radius 3 is 2.74 bits per heavy atom. The first-order valence-corrected chi connectivity index (χ1v) is 9.48. The van der Waals surface area contributed by atoms with Crippen LogP contribution in [0.25, 0.3) is 11.2 Å². The fourth-order valence-electron chi connectivity index (χ4n) is 3.40. The molecule has 1 saturated heterocycles. The van der Waals surface area contributed by atoms with Crippen LogP contribution in [0.5, 0.6) is 0 Å². The van der Waals surface area contributed by atoms with Crippen molar-refractivity contribution < 1.29 is 9.53 Å². The Bertz CT molecular complexity index is 901. The Morgan fingerprint density at radius 2 is 2.15 bits per heavy atom. The molecule has 144 valence electrons. The van der Waals surface area contributed by atoms with Gasteiger partial charge in [0.2, 0.25) is 11.9 Å². The maximum atomic E-state index is 12.2. The molecular formula is C19H26N6O2. The number of hydrogen-bond donors (Lipinski definition) is 1. The molecular weight excluding hydrogens is 344 g/mol. The van der Waals surface area contributed by atoms with Crippen LogP contribution in [0.2, 0.25) is 0 Å². The summed E-state index contributed by atoms with van der Waals surface area (Å²) in [7, 11) is 2.02. The summed E-state index contributed by atoms with van der Waals surface area (Å²) < 4.78 is 7.84. The molecule has 8 nitrogen and oxygen atoms in total. The van der Waals surface area contributed by atoms with Crippen molar-refractivity contribution in [2.75, 3.05) is 17.3 Å². The molecule has 2 fully saturated rings. The van der Waals surface area contributed by atoms with E-state index in [0.717, 1.165) is 36.4 Å². The Morgan fingerprint density at radius 1 is 1.41 bits per heavy atom. The van der Waals surface area contributed by atoms with Gasteiger partial charge in [0.1, 0.15) is 6.33 Å². The maximum Gasteiger partial charge on any atom is 0.233 e. The first kappa shape index (κ1) is 17.8. The van der Waals surface area contributed by atoms with E-state index >= 15 is 0 Å². The van der Waals surface area contributed by atoms with Gasteiger partial charge in [-0.05, 0) is 12.8 Å². The van der Waals surface area contributed by atoms with Crippen molar-refractivity contribution in [2.24, 2.45) is 11.8 Å². The molecule has 3 heterocycles. The predicted molar refractivity (Wildman–Crippen MR) is 103 cm³/mol. The van der Waals surface area contributed by atoms with E-state index in [1.807, 2.05) is 25.5 Å².